The Bertz CT molecular complexity index is 1790. The molecule has 6 rings (SSSR count). The molecule has 0 radical (unpaired) electrons. The van der Waals surface area contributed by atoms with Gasteiger partial charge in [0.1, 0.15) is 24.9 Å². The number of fused-ring (bicyclic) bond motifs is 3. The summed E-state index contributed by atoms with van der Waals surface area (Å²) in [4.78, 5) is 27.1. The van der Waals surface area contributed by atoms with Gasteiger partial charge in [0, 0.05) is 5.92 Å². The molecule has 1 heterocycles. The van der Waals surface area contributed by atoms with Crippen LogP contribution in [0, 0.1) is 0 Å². The van der Waals surface area contributed by atoms with Gasteiger partial charge < -0.3 is 33.7 Å². The maximum Gasteiger partial charge on any atom is 0.508 e. The lowest BCUT2D eigenvalue weighted by Gasteiger charge is -2.45. The third kappa shape index (κ3) is 10.2. The Morgan fingerprint density at radius 3 is 1.96 bits per heavy atom. The normalized spacial score (nSPS) is 20.8. The van der Waals surface area contributed by atoms with Crippen molar-refractivity contribution in [3.05, 3.63) is 144 Å². The number of unbranched alkanes of at least 4 members (excludes halogenated alkanes) is 1. The highest BCUT2D eigenvalue weighted by Gasteiger charge is 2.52. The van der Waals surface area contributed by atoms with E-state index in [1.54, 1.807) is 6.08 Å². The highest BCUT2D eigenvalue weighted by atomic mass is 35.6. The third-order valence-electron chi connectivity index (χ3n) is 9.28. The Hall–Kier alpha value is -3.93. The van der Waals surface area contributed by atoms with E-state index in [0.29, 0.717) is 12.8 Å². The fourth-order valence-corrected chi connectivity index (χ4v) is 6.87. The van der Waals surface area contributed by atoms with E-state index >= 15 is 0 Å². The summed E-state index contributed by atoms with van der Waals surface area (Å²) in [6.45, 7) is 4.42. The molecule has 0 bridgehead atoms. The summed E-state index contributed by atoms with van der Waals surface area (Å²) in [5.41, 5.74) is 6.05. The van der Waals surface area contributed by atoms with Crippen molar-refractivity contribution in [3.8, 4) is 11.1 Å². The molecule has 0 aromatic heterocycles. The first kappa shape index (κ1) is 39.8. The quantitative estimate of drug-likeness (QED) is 0.0521. The summed E-state index contributed by atoms with van der Waals surface area (Å²) >= 11 is 18.1. The Balaban J connectivity index is 1.29. The van der Waals surface area contributed by atoms with Crippen LogP contribution in [0.1, 0.15) is 41.0 Å². The first-order chi connectivity index (χ1) is 26.2. The molecule has 54 heavy (non-hydrogen) atoms. The summed E-state index contributed by atoms with van der Waals surface area (Å²) in [5, 5.41) is 2.70. The summed E-state index contributed by atoms with van der Waals surface area (Å²) in [7, 11) is 0. The number of carbonyl (C=O) groups excluding carboxylic acids is 2. The van der Waals surface area contributed by atoms with Crippen molar-refractivity contribution in [1.82, 2.24) is 5.32 Å². The number of benzene rings is 4. The van der Waals surface area contributed by atoms with Gasteiger partial charge in [0.2, 0.25) is 0 Å². The molecule has 9 nitrogen and oxygen atoms in total. The summed E-state index contributed by atoms with van der Waals surface area (Å²) in [6, 6.07) is 34.0. The number of halogens is 3. The molecular weight excluding hydrogens is 753 g/mol. The number of ether oxygens (including phenoxy) is 6. The number of hydrogen-bond acceptors (Lipinski definition) is 8. The number of hydrogen-bond donors (Lipinski definition) is 1. The topological polar surface area (TPSA) is 102 Å². The lowest BCUT2D eigenvalue weighted by molar-refractivity contribution is -0.283. The van der Waals surface area contributed by atoms with Crippen LogP contribution in [0.25, 0.3) is 11.1 Å². The molecule has 1 aliphatic heterocycles. The van der Waals surface area contributed by atoms with Crippen molar-refractivity contribution in [2.75, 3.05) is 19.8 Å². The van der Waals surface area contributed by atoms with Gasteiger partial charge in [-0.1, -0.05) is 150 Å². The number of nitrogens with one attached hydrogen (secondary N) is 1. The van der Waals surface area contributed by atoms with Crippen LogP contribution in [0.4, 0.5) is 4.79 Å². The number of allylic oxidation sites excluding steroid dienone is 1. The lowest BCUT2D eigenvalue weighted by atomic mass is 9.96. The van der Waals surface area contributed by atoms with Crippen molar-refractivity contribution in [2.24, 2.45) is 0 Å². The van der Waals surface area contributed by atoms with Crippen molar-refractivity contribution in [1.29, 1.82) is 0 Å². The fraction of sp³-hybridized carbons (Fsp3) is 0.333. The maximum atomic E-state index is 13.8. The number of rotatable bonds is 16. The second kappa shape index (κ2) is 19.1. The van der Waals surface area contributed by atoms with Crippen LogP contribution in [-0.2, 0) is 46.4 Å². The van der Waals surface area contributed by atoms with Gasteiger partial charge in [-0.25, -0.2) is 4.79 Å². The Morgan fingerprint density at radius 1 is 0.759 bits per heavy atom. The van der Waals surface area contributed by atoms with Crippen LogP contribution >= 0.6 is 34.8 Å². The SMILES string of the molecule is C=CCCCO[C@@H]1O[C@H](COCc2ccccc2)[C@H](OCc2ccccc2)[C@H](OC(=O)OCC2c3ccccc3-c3ccccc32)[C@H]1NC(=O)C(Cl)(Cl)Cl. The minimum Gasteiger partial charge on any atom is -0.433 e. The third-order valence-corrected chi connectivity index (χ3v) is 9.79. The highest BCUT2D eigenvalue weighted by Crippen LogP contribution is 2.44. The average Bonchev–Trinajstić information content (AvgIpc) is 3.50. The number of alkyl halides is 3. The van der Waals surface area contributed by atoms with Crippen LogP contribution in [0.5, 0.6) is 0 Å². The van der Waals surface area contributed by atoms with Gasteiger partial charge in [-0.05, 0) is 46.2 Å². The molecule has 12 heteroatoms. The zero-order valence-electron chi connectivity index (χ0n) is 29.5. The molecule has 284 valence electrons. The fourth-order valence-electron chi connectivity index (χ4n) is 6.71. The molecule has 1 fully saturated rings. The van der Waals surface area contributed by atoms with Gasteiger partial charge in [-0.15, -0.1) is 6.58 Å². The monoisotopic (exact) mass is 793 g/mol. The second-order valence-corrected chi connectivity index (χ2v) is 15.3. The van der Waals surface area contributed by atoms with Gasteiger partial charge in [-0.2, -0.15) is 0 Å². The van der Waals surface area contributed by atoms with Gasteiger partial charge in [0.05, 0.1) is 26.4 Å². The first-order valence-electron chi connectivity index (χ1n) is 17.8. The Labute approximate surface area is 330 Å². The standard InChI is InChI=1S/C42H42Cl3NO8/c1-2-3-14-23-50-39-36(46-40(47)42(43,44)45)38(54-41(48)52-26-34-32-21-12-10-19-30(32)31-20-11-13-22-33(31)34)37(51-25-29-17-8-5-9-18-29)35(53-39)27-49-24-28-15-6-4-7-16-28/h2,4-13,15-22,34-39H,1,3,14,23-27H2,(H,46,47)/t35-,36-,37+,38-,39-/m1/s1. The molecule has 5 atom stereocenters. The molecule has 1 saturated heterocycles. The smallest absolute Gasteiger partial charge is 0.433 e. The van der Waals surface area contributed by atoms with Crippen molar-refractivity contribution < 1.29 is 38.0 Å². The molecule has 0 spiro atoms. The zero-order chi connectivity index (χ0) is 37.9. The Kier molecular flexibility index (Phi) is 14.1. The summed E-state index contributed by atoms with van der Waals surface area (Å²) in [6.07, 6.45) is -2.20. The molecule has 1 N–H and O–H groups in total. The van der Waals surface area contributed by atoms with E-state index in [-0.39, 0.29) is 39.0 Å². The molecule has 1 aliphatic carbocycles. The van der Waals surface area contributed by atoms with Gasteiger partial charge in [-0.3, -0.25) is 4.79 Å². The van der Waals surface area contributed by atoms with Crippen LogP contribution in [0.15, 0.2) is 122 Å². The van der Waals surface area contributed by atoms with Gasteiger partial charge in [0.25, 0.3) is 9.70 Å². The largest absolute Gasteiger partial charge is 0.508 e. The van der Waals surface area contributed by atoms with E-state index in [2.05, 4.69) is 24.0 Å². The van der Waals surface area contributed by atoms with E-state index in [9.17, 15) is 9.59 Å². The lowest BCUT2D eigenvalue weighted by Crippen LogP contribution is -2.67. The average molecular weight is 795 g/mol. The van der Waals surface area contributed by atoms with Gasteiger partial charge in [0.15, 0.2) is 12.4 Å². The van der Waals surface area contributed by atoms with E-state index in [4.69, 9.17) is 63.2 Å². The molecule has 0 saturated carbocycles. The number of carbonyl (C=O) groups is 2. The van der Waals surface area contributed by atoms with Crippen LogP contribution in [-0.4, -0.2) is 66.3 Å². The van der Waals surface area contributed by atoms with E-state index in [1.165, 1.54) is 0 Å². The molecular formula is C42H42Cl3NO8. The van der Waals surface area contributed by atoms with Gasteiger partial charge >= 0.3 is 6.16 Å². The molecule has 4 aromatic carbocycles. The van der Waals surface area contributed by atoms with Crippen LogP contribution < -0.4 is 5.32 Å². The predicted octanol–water partition coefficient (Wildman–Crippen LogP) is 8.69. The van der Waals surface area contributed by atoms with Crippen molar-refractivity contribution >= 4 is 46.9 Å². The molecule has 4 aromatic rings. The van der Waals surface area contributed by atoms with E-state index in [1.807, 2.05) is 97.1 Å². The minimum atomic E-state index is -2.35. The minimum absolute atomic E-state index is 0.00188. The van der Waals surface area contributed by atoms with Crippen molar-refractivity contribution in [2.45, 2.75) is 66.4 Å². The highest BCUT2D eigenvalue weighted by molar-refractivity contribution is 6.76. The maximum absolute atomic E-state index is 13.8. The van der Waals surface area contributed by atoms with Crippen LogP contribution in [0.3, 0.4) is 0 Å². The number of amides is 1. The molecule has 0 unspecified atom stereocenters. The predicted molar refractivity (Wildman–Crippen MR) is 207 cm³/mol. The first-order valence-corrected chi connectivity index (χ1v) is 18.9. The molecule has 2 aliphatic rings. The van der Waals surface area contributed by atoms with Crippen molar-refractivity contribution in [3.63, 3.8) is 0 Å². The van der Waals surface area contributed by atoms with Crippen LogP contribution in [0.2, 0.25) is 0 Å². The summed E-state index contributed by atoms with van der Waals surface area (Å²) in [5.74, 6) is -1.19. The van der Waals surface area contributed by atoms with E-state index < -0.39 is 46.5 Å². The Morgan fingerprint density at radius 2 is 1.35 bits per heavy atom. The van der Waals surface area contributed by atoms with E-state index in [0.717, 1.165) is 33.4 Å². The molecule has 1 amide bonds. The summed E-state index contributed by atoms with van der Waals surface area (Å²) < 4.78 is 35.0. The second-order valence-electron chi connectivity index (χ2n) is 13.0. The zero-order valence-corrected chi connectivity index (χ0v) is 31.8.